The monoisotopic (exact) mass is 1020 g/mol. The van der Waals surface area contributed by atoms with Gasteiger partial charge in [-0.1, -0.05) is 181 Å². The van der Waals surface area contributed by atoms with Crippen LogP contribution < -0.4 is 9.80 Å². The Bertz CT molecular complexity index is 3980. The Balaban J connectivity index is 0.861. The number of fused-ring (bicyclic) bond motifs is 3. The zero-order valence-electron chi connectivity index (χ0n) is 44.7. The second-order valence-corrected chi connectivity index (χ2v) is 20.6. The van der Waals surface area contributed by atoms with Gasteiger partial charge in [-0.15, -0.1) is 0 Å². The largest absolute Gasteiger partial charge is 0.310 e. The number of rotatable bonds is 12. The molecule has 0 spiro atoms. The van der Waals surface area contributed by atoms with Gasteiger partial charge in [-0.05, 0) is 164 Å². The van der Waals surface area contributed by atoms with Crippen LogP contribution in [-0.4, -0.2) is 14.5 Å². The van der Waals surface area contributed by atoms with E-state index in [0.29, 0.717) is 0 Å². The first-order valence-electron chi connectivity index (χ1n) is 27.0. The Labute approximate surface area is 462 Å². The second kappa shape index (κ2) is 20.8. The van der Waals surface area contributed by atoms with Crippen LogP contribution >= 0.6 is 0 Å². The summed E-state index contributed by atoms with van der Waals surface area (Å²) < 4.78 is 2.42. The van der Waals surface area contributed by atoms with Crippen molar-refractivity contribution in [3.05, 3.63) is 295 Å². The van der Waals surface area contributed by atoms with Crippen LogP contribution in [-0.2, 0) is 0 Å². The van der Waals surface area contributed by atoms with E-state index < -0.39 is 0 Å². The lowest BCUT2D eigenvalue weighted by Gasteiger charge is -2.26. The van der Waals surface area contributed by atoms with E-state index in [2.05, 4.69) is 315 Å². The average molecular weight is 1020 g/mol. The van der Waals surface area contributed by atoms with Gasteiger partial charge in [0.15, 0.2) is 5.82 Å². The highest BCUT2D eigenvalue weighted by Gasteiger charge is 2.21. The molecule has 5 heteroatoms. The van der Waals surface area contributed by atoms with Crippen molar-refractivity contribution < 1.29 is 0 Å². The maximum absolute atomic E-state index is 5.13. The minimum Gasteiger partial charge on any atom is -0.310 e. The normalized spacial score (nSPS) is 11.3. The minimum absolute atomic E-state index is 0.718. The zero-order chi connectivity index (χ0) is 53.4. The van der Waals surface area contributed by atoms with Crippen LogP contribution in [0.15, 0.2) is 273 Å². The summed E-state index contributed by atoms with van der Waals surface area (Å²) in [7, 11) is 0. The van der Waals surface area contributed by atoms with E-state index in [1.54, 1.807) is 0 Å². The maximum atomic E-state index is 5.13. The first-order chi connectivity index (χ1) is 38.8. The van der Waals surface area contributed by atoms with Gasteiger partial charge >= 0.3 is 0 Å². The number of aromatic nitrogens is 3. The van der Waals surface area contributed by atoms with Crippen LogP contribution in [0, 0.1) is 27.7 Å². The molecule has 0 aliphatic rings. The average Bonchev–Trinajstić information content (AvgIpc) is 4.07. The Morgan fingerprint density at radius 2 is 0.658 bits per heavy atom. The first kappa shape index (κ1) is 48.5. The molecule has 13 rings (SSSR count). The molecule has 0 unspecified atom stereocenters. The van der Waals surface area contributed by atoms with Gasteiger partial charge in [0, 0.05) is 67.3 Å². The van der Waals surface area contributed by atoms with Gasteiger partial charge in [0.1, 0.15) is 0 Å². The number of para-hydroxylation sites is 4. The number of anilines is 6. The lowest BCUT2D eigenvalue weighted by atomic mass is 9.91. The molecule has 0 aliphatic carbocycles. The van der Waals surface area contributed by atoms with Gasteiger partial charge in [0.2, 0.25) is 0 Å². The number of hydrogen-bond acceptors (Lipinski definition) is 4. The highest BCUT2D eigenvalue weighted by molar-refractivity contribution is 6.12. The summed E-state index contributed by atoms with van der Waals surface area (Å²) in [4.78, 5) is 14.9. The van der Waals surface area contributed by atoms with E-state index in [1.165, 1.54) is 55.3 Å². The van der Waals surface area contributed by atoms with Gasteiger partial charge in [-0.3, -0.25) is 0 Å². The summed E-state index contributed by atoms with van der Waals surface area (Å²) in [6.07, 6.45) is 0. The Morgan fingerprint density at radius 3 is 1.08 bits per heavy atom. The fourth-order valence-electron chi connectivity index (χ4n) is 11.3. The molecule has 378 valence electrons. The third-order valence-corrected chi connectivity index (χ3v) is 15.2. The predicted octanol–water partition coefficient (Wildman–Crippen LogP) is 20.1. The van der Waals surface area contributed by atoms with E-state index in [1.807, 2.05) is 0 Å². The molecule has 0 atom stereocenters. The second-order valence-electron chi connectivity index (χ2n) is 20.6. The summed E-state index contributed by atoms with van der Waals surface area (Å²) in [6.45, 7) is 8.67. The van der Waals surface area contributed by atoms with Crippen LogP contribution in [0.3, 0.4) is 0 Å². The van der Waals surface area contributed by atoms with Gasteiger partial charge in [-0.25, -0.2) is 9.97 Å². The van der Waals surface area contributed by atoms with Crippen molar-refractivity contribution in [2.75, 3.05) is 9.80 Å². The standard InChI is InChI=1S/C74H57N5/c1-50-25-29-55(30-26-50)69-49-70(76-74(75-69)58-31-27-51(2)28-32-58)56-33-35-57(36-34-56)73-52(3)45-59(46-53(73)4)54-37-39-64(40-38-54)79-71-43-41-65(77(60-17-9-5-10-18-60)61-19-11-6-12-20-61)47-67(71)68-48-66(42-44-72(68)79)78(62-21-13-7-14-22-62)63-23-15-8-16-24-63/h5-49H,1-4H3. The molecule has 0 saturated heterocycles. The molecule has 13 aromatic rings. The van der Waals surface area contributed by atoms with E-state index in [4.69, 9.17) is 9.97 Å². The predicted molar refractivity (Wildman–Crippen MR) is 332 cm³/mol. The first-order valence-corrected chi connectivity index (χ1v) is 27.0. The lowest BCUT2D eigenvalue weighted by molar-refractivity contribution is 1.18. The molecule has 0 radical (unpaired) electrons. The van der Waals surface area contributed by atoms with Crippen molar-refractivity contribution in [1.29, 1.82) is 0 Å². The molecule has 0 bridgehead atoms. The number of nitrogens with zero attached hydrogens (tertiary/aromatic N) is 5. The van der Waals surface area contributed by atoms with E-state index >= 15 is 0 Å². The molecule has 0 N–H and O–H groups in total. The van der Waals surface area contributed by atoms with Crippen molar-refractivity contribution in [1.82, 2.24) is 14.5 Å². The highest BCUT2D eigenvalue weighted by atomic mass is 15.1. The number of aryl methyl sites for hydroxylation is 4. The molecule has 11 aromatic carbocycles. The molecule has 0 fully saturated rings. The van der Waals surface area contributed by atoms with E-state index in [9.17, 15) is 0 Å². The molecule has 0 saturated carbocycles. The highest BCUT2D eigenvalue weighted by Crippen LogP contribution is 2.43. The third kappa shape index (κ3) is 9.53. The fraction of sp³-hybridized carbons (Fsp3) is 0.0541. The third-order valence-electron chi connectivity index (χ3n) is 15.2. The summed E-state index contributed by atoms with van der Waals surface area (Å²) in [5.41, 5.74) is 24.5. The summed E-state index contributed by atoms with van der Waals surface area (Å²) >= 11 is 0. The summed E-state index contributed by atoms with van der Waals surface area (Å²) in [5.74, 6) is 0.718. The van der Waals surface area contributed by atoms with Crippen LogP contribution in [0.5, 0.6) is 0 Å². The smallest absolute Gasteiger partial charge is 0.160 e. The van der Waals surface area contributed by atoms with Crippen molar-refractivity contribution >= 4 is 55.9 Å². The number of hydrogen-bond donors (Lipinski definition) is 0. The topological polar surface area (TPSA) is 37.2 Å². The van der Waals surface area contributed by atoms with E-state index in [-0.39, 0.29) is 0 Å². The molecular weight excluding hydrogens is 959 g/mol. The molecular formula is C74H57N5. The molecule has 0 aliphatic heterocycles. The quantitative estimate of drug-likeness (QED) is 0.122. The Morgan fingerprint density at radius 1 is 0.291 bits per heavy atom. The minimum atomic E-state index is 0.718. The van der Waals surface area contributed by atoms with Gasteiger partial charge < -0.3 is 14.4 Å². The van der Waals surface area contributed by atoms with Gasteiger partial charge in [0.25, 0.3) is 0 Å². The van der Waals surface area contributed by atoms with Gasteiger partial charge in [0.05, 0.1) is 22.4 Å². The van der Waals surface area contributed by atoms with Crippen LogP contribution in [0.1, 0.15) is 22.3 Å². The van der Waals surface area contributed by atoms with Crippen molar-refractivity contribution in [3.8, 4) is 61.8 Å². The van der Waals surface area contributed by atoms with E-state index in [0.717, 1.165) is 84.7 Å². The Kier molecular flexibility index (Phi) is 12.8. The molecule has 79 heavy (non-hydrogen) atoms. The van der Waals surface area contributed by atoms with Crippen molar-refractivity contribution in [2.24, 2.45) is 0 Å². The van der Waals surface area contributed by atoms with Crippen molar-refractivity contribution in [3.63, 3.8) is 0 Å². The maximum Gasteiger partial charge on any atom is 0.160 e. The Hall–Kier alpha value is -10.1. The number of benzene rings is 11. The summed E-state index contributed by atoms with van der Waals surface area (Å²) in [5, 5.41) is 2.34. The molecule has 0 amide bonds. The summed E-state index contributed by atoms with van der Waals surface area (Å²) in [6, 6.07) is 98.1. The SMILES string of the molecule is Cc1ccc(-c2cc(-c3ccc(-c4c(C)cc(-c5ccc(-n6c7ccc(N(c8ccccc8)c8ccccc8)cc7c7cc(N(c8ccccc8)c8ccccc8)ccc76)cc5)cc4C)cc3)nc(-c3ccc(C)cc3)n2)cc1. The lowest BCUT2D eigenvalue weighted by Crippen LogP contribution is -2.09. The van der Waals surface area contributed by atoms with Crippen LogP contribution in [0.2, 0.25) is 0 Å². The molecule has 2 aromatic heterocycles. The van der Waals surface area contributed by atoms with Crippen LogP contribution in [0.4, 0.5) is 34.1 Å². The van der Waals surface area contributed by atoms with Crippen LogP contribution in [0.25, 0.3) is 83.6 Å². The fourth-order valence-corrected chi connectivity index (χ4v) is 11.3. The molecule has 2 heterocycles. The molecule has 5 nitrogen and oxygen atoms in total. The van der Waals surface area contributed by atoms with Crippen molar-refractivity contribution in [2.45, 2.75) is 27.7 Å². The zero-order valence-corrected chi connectivity index (χ0v) is 44.7. The van der Waals surface area contributed by atoms with Gasteiger partial charge in [-0.2, -0.15) is 0 Å².